The van der Waals surface area contributed by atoms with E-state index in [2.05, 4.69) is 35.8 Å². The second-order valence-electron chi connectivity index (χ2n) is 5.15. The van der Waals surface area contributed by atoms with E-state index in [1.54, 1.807) is 13.0 Å². The Bertz CT molecular complexity index is 649. The molecule has 110 valence electrons. The Morgan fingerprint density at radius 2 is 1.90 bits per heavy atom. The maximum Gasteiger partial charge on any atom is 0.163 e. The van der Waals surface area contributed by atoms with Crippen LogP contribution in [0.25, 0.3) is 0 Å². The molecule has 0 spiro atoms. The number of ether oxygens (including phenoxy) is 1. The number of Topliss-reactive ketones (excluding diaryl/α,β-unsaturated/α-hetero) is 1. The largest absolute Gasteiger partial charge is 0.456 e. The Balaban J connectivity index is 2.41. The number of halogens is 1. The molecule has 0 N–H and O–H groups in total. The summed E-state index contributed by atoms with van der Waals surface area (Å²) < 4.78 is 6.91. The second kappa shape index (κ2) is 6.90. The highest BCUT2D eigenvalue weighted by molar-refractivity contribution is 9.10. The highest BCUT2D eigenvalue weighted by Gasteiger charge is 2.14. The predicted molar refractivity (Wildman–Crippen MR) is 89.4 cm³/mol. The van der Waals surface area contributed by atoms with Gasteiger partial charge >= 0.3 is 0 Å². The summed E-state index contributed by atoms with van der Waals surface area (Å²) in [6, 6.07) is 13.5. The SMILES string of the molecule is CCC(C)c1ccccc1Oc1ccc(Br)cc1C(C)=O. The van der Waals surface area contributed by atoms with E-state index in [9.17, 15) is 4.79 Å². The molecule has 21 heavy (non-hydrogen) atoms. The molecule has 0 radical (unpaired) electrons. The molecule has 1 unspecified atom stereocenters. The second-order valence-corrected chi connectivity index (χ2v) is 6.06. The van der Waals surface area contributed by atoms with E-state index < -0.39 is 0 Å². The molecule has 1 atom stereocenters. The number of para-hydroxylation sites is 1. The Kier molecular flexibility index (Phi) is 5.18. The van der Waals surface area contributed by atoms with E-state index in [1.165, 1.54) is 0 Å². The zero-order chi connectivity index (χ0) is 15.4. The Hall–Kier alpha value is -1.61. The van der Waals surface area contributed by atoms with Crippen LogP contribution in [-0.2, 0) is 0 Å². The molecule has 2 nitrogen and oxygen atoms in total. The molecule has 0 aliphatic heterocycles. The summed E-state index contributed by atoms with van der Waals surface area (Å²) >= 11 is 3.39. The van der Waals surface area contributed by atoms with Crippen LogP contribution in [0.2, 0.25) is 0 Å². The standard InChI is InChI=1S/C18H19BrO2/c1-4-12(2)15-7-5-6-8-17(15)21-18-10-9-14(19)11-16(18)13(3)20/h5-12H,4H2,1-3H3. The van der Waals surface area contributed by atoms with Crippen molar-refractivity contribution >= 4 is 21.7 Å². The molecule has 0 saturated carbocycles. The third kappa shape index (κ3) is 3.73. The van der Waals surface area contributed by atoms with Crippen LogP contribution in [0.1, 0.15) is 49.0 Å². The number of carbonyl (C=O) groups is 1. The lowest BCUT2D eigenvalue weighted by Crippen LogP contribution is -2.00. The molecule has 0 aliphatic rings. The van der Waals surface area contributed by atoms with Gasteiger partial charge in [-0.1, -0.05) is 48.0 Å². The van der Waals surface area contributed by atoms with E-state index in [4.69, 9.17) is 4.74 Å². The van der Waals surface area contributed by atoms with E-state index in [-0.39, 0.29) is 5.78 Å². The smallest absolute Gasteiger partial charge is 0.163 e. The van der Waals surface area contributed by atoms with Gasteiger partial charge in [0.1, 0.15) is 11.5 Å². The van der Waals surface area contributed by atoms with Gasteiger partial charge < -0.3 is 4.74 Å². The van der Waals surface area contributed by atoms with Crippen molar-refractivity contribution in [1.82, 2.24) is 0 Å². The van der Waals surface area contributed by atoms with Crippen molar-refractivity contribution in [2.75, 3.05) is 0 Å². The van der Waals surface area contributed by atoms with Gasteiger partial charge in [0.15, 0.2) is 5.78 Å². The van der Waals surface area contributed by atoms with Crippen molar-refractivity contribution in [3.63, 3.8) is 0 Å². The zero-order valence-corrected chi connectivity index (χ0v) is 14.1. The van der Waals surface area contributed by atoms with Crippen LogP contribution in [0.3, 0.4) is 0 Å². The van der Waals surface area contributed by atoms with E-state index in [1.807, 2.05) is 30.3 Å². The molecular formula is C18H19BrO2. The molecule has 0 amide bonds. The summed E-state index contributed by atoms with van der Waals surface area (Å²) in [6.45, 7) is 5.88. The first-order chi connectivity index (χ1) is 10.0. The van der Waals surface area contributed by atoms with Gasteiger partial charge in [-0.3, -0.25) is 4.79 Å². The third-order valence-corrected chi connectivity index (χ3v) is 4.10. The number of hydrogen-bond acceptors (Lipinski definition) is 2. The van der Waals surface area contributed by atoms with Crippen LogP contribution in [0.15, 0.2) is 46.9 Å². The lowest BCUT2D eigenvalue weighted by Gasteiger charge is -2.16. The molecule has 2 rings (SSSR count). The van der Waals surface area contributed by atoms with Crippen LogP contribution < -0.4 is 4.74 Å². The topological polar surface area (TPSA) is 26.3 Å². The summed E-state index contributed by atoms with van der Waals surface area (Å²) in [5, 5.41) is 0. The average molecular weight is 347 g/mol. The molecule has 0 aliphatic carbocycles. The maximum atomic E-state index is 11.8. The highest BCUT2D eigenvalue weighted by atomic mass is 79.9. The Morgan fingerprint density at radius 3 is 2.57 bits per heavy atom. The first-order valence-electron chi connectivity index (χ1n) is 7.10. The first-order valence-corrected chi connectivity index (χ1v) is 7.89. The van der Waals surface area contributed by atoms with Gasteiger partial charge in [0.05, 0.1) is 5.56 Å². The van der Waals surface area contributed by atoms with Gasteiger partial charge in [0.2, 0.25) is 0 Å². The molecule has 2 aromatic rings. The number of benzene rings is 2. The quantitative estimate of drug-likeness (QED) is 0.624. The molecule has 0 fully saturated rings. The molecule has 0 aromatic heterocycles. The normalized spacial score (nSPS) is 12.0. The Labute approximate surface area is 134 Å². The molecule has 2 aromatic carbocycles. The number of ketones is 1. The van der Waals surface area contributed by atoms with Crippen molar-refractivity contribution in [2.45, 2.75) is 33.1 Å². The molecule has 3 heteroatoms. The van der Waals surface area contributed by atoms with Gasteiger partial charge in [0.25, 0.3) is 0 Å². The van der Waals surface area contributed by atoms with E-state index >= 15 is 0 Å². The van der Waals surface area contributed by atoms with Gasteiger partial charge in [0, 0.05) is 4.47 Å². The highest BCUT2D eigenvalue weighted by Crippen LogP contribution is 2.34. The van der Waals surface area contributed by atoms with Gasteiger partial charge in [-0.2, -0.15) is 0 Å². The zero-order valence-electron chi connectivity index (χ0n) is 12.5. The number of carbonyl (C=O) groups excluding carboxylic acids is 1. The Morgan fingerprint density at radius 1 is 1.19 bits per heavy atom. The summed E-state index contributed by atoms with van der Waals surface area (Å²) in [7, 11) is 0. The van der Waals surface area contributed by atoms with E-state index in [0.29, 0.717) is 17.2 Å². The predicted octanol–water partition coefficient (Wildman–Crippen LogP) is 5.96. The van der Waals surface area contributed by atoms with Crippen molar-refractivity contribution in [2.24, 2.45) is 0 Å². The van der Waals surface area contributed by atoms with Crippen LogP contribution in [-0.4, -0.2) is 5.78 Å². The first kappa shape index (κ1) is 15.8. The van der Waals surface area contributed by atoms with E-state index in [0.717, 1.165) is 22.2 Å². The van der Waals surface area contributed by atoms with Crippen LogP contribution in [0.5, 0.6) is 11.5 Å². The monoisotopic (exact) mass is 346 g/mol. The third-order valence-electron chi connectivity index (χ3n) is 3.60. The van der Waals surface area contributed by atoms with Gasteiger partial charge in [-0.25, -0.2) is 0 Å². The fraction of sp³-hybridized carbons (Fsp3) is 0.278. The summed E-state index contributed by atoms with van der Waals surface area (Å²) in [5.41, 5.74) is 1.75. The molecule has 0 heterocycles. The van der Waals surface area contributed by atoms with Crippen molar-refractivity contribution in [3.8, 4) is 11.5 Å². The molecule has 0 saturated heterocycles. The number of hydrogen-bond donors (Lipinski definition) is 0. The minimum Gasteiger partial charge on any atom is -0.456 e. The molecular weight excluding hydrogens is 328 g/mol. The van der Waals surface area contributed by atoms with Crippen LogP contribution in [0.4, 0.5) is 0 Å². The number of rotatable bonds is 5. The van der Waals surface area contributed by atoms with Gasteiger partial charge in [-0.05, 0) is 49.1 Å². The lowest BCUT2D eigenvalue weighted by molar-refractivity contribution is 0.101. The summed E-state index contributed by atoms with van der Waals surface area (Å²) in [5.74, 6) is 1.82. The fourth-order valence-electron chi connectivity index (χ4n) is 2.19. The van der Waals surface area contributed by atoms with Crippen molar-refractivity contribution < 1.29 is 9.53 Å². The van der Waals surface area contributed by atoms with Crippen molar-refractivity contribution in [1.29, 1.82) is 0 Å². The minimum absolute atomic E-state index is 0.00711. The minimum atomic E-state index is -0.00711. The van der Waals surface area contributed by atoms with Gasteiger partial charge in [-0.15, -0.1) is 0 Å². The fourth-order valence-corrected chi connectivity index (χ4v) is 2.55. The average Bonchev–Trinajstić information content (AvgIpc) is 2.48. The molecule has 0 bridgehead atoms. The van der Waals surface area contributed by atoms with Crippen molar-refractivity contribution in [3.05, 3.63) is 58.1 Å². The summed E-state index contributed by atoms with van der Waals surface area (Å²) in [4.78, 5) is 11.8. The lowest BCUT2D eigenvalue weighted by atomic mass is 9.98. The van der Waals surface area contributed by atoms with Crippen LogP contribution >= 0.6 is 15.9 Å². The summed E-state index contributed by atoms with van der Waals surface area (Å²) in [6.07, 6.45) is 1.04. The maximum absolute atomic E-state index is 11.8. The van der Waals surface area contributed by atoms with Crippen LogP contribution in [0, 0.1) is 0 Å².